The van der Waals surface area contributed by atoms with Crippen molar-refractivity contribution in [3.05, 3.63) is 46.0 Å². The molecule has 0 aliphatic heterocycles. The number of carbonyl (C=O) groups excluding carboxylic acids is 2. The zero-order valence-corrected chi connectivity index (χ0v) is 16.4. The van der Waals surface area contributed by atoms with Gasteiger partial charge in [0.2, 0.25) is 5.91 Å². The first kappa shape index (κ1) is 20.6. The number of rotatable bonds is 5. The highest BCUT2D eigenvalue weighted by Gasteiger charge is 2.44. The van der Waals surface area contributed by atoms with Gasteiger partial charge in [0, 0.05) is 11.6 Å². The maximum absolute atomic E-state index is 12.6. The Balaban J connectivity index is 1.93. The third-order valence-electron chi connectivity index (χ3n) is 4.69. The molecular weight excluding hydrogens is 388 g/mol. The number of hydrogen-bond donors (Lipinski definition) is 2. The molecule has 3 rings (SSSR count). The Morgan fingerprint density at radius 2 is 2.03 bits per heavy atom. The molecule has 0 unspecified atom stereocenters. The van der Waals surface area contributed by atoms with Crippen LogP contribution in [-0.2, 0) is 16.1 Å². The summed E-state index contributed by atoms with van der Waals surface area (Å²) in [6, 6.07) is 9.81. The summed E-state index contributed by atoms with van der Waals surface area (Å²) < 4.78 is 5.79. The molecule has 0 spiro atoms. The summed E-state index contributed by atoms with van der Waals surface area (Å²) in [5, 5.41) is 23.3. The first-order chi connectivity index (χ1) is 14.3. The standard InChI is InChI=1S/C20H18N6O4/c1-12-23-16(14-4-3-13(9-21)7-15(14)24-19(29)30-2)8-18(28)26(12)10-17(27)25-20(11-22)5-6-20/h3-4,7-8H,5-6,10H2,1-2H3,(H,24,29)(H,25,27). The van der Waals surface area contributed by atoms with E-state index in [0.29, 0.717) is 24.0 Å². The van der Waals surface area contributed by atoms with Gasteiger partial charge in [0.05, 0.1) is 36.2 Å². The number of nitrogens with zero attached hydrogens (tertiary/aromatic N) is 4. The largest absolute Gasteiger partial charge is 0.453 e. The second-order valence-corrected chi connectivity index (χ2v) is 6.84. The number of amides is 2. The van der Waals surface area contributed by atoms with E-state index in [4.69, 9.17) is 10.5 Å². The first-order valence-corrected chi connectivity index (χ1v) is 9.01. The Kier molecular flexibility index (Phi) is 5.52. The molecule has 10 heteroatoms. The fourth-order valence-electron chi connectivity index (χ4n) is 2.89. The van der Waals surface area contributed by atoms with Gasteiger partial charge in [-0.3, -0.25) is 19.5 Å². The van der Waals surface area contributed by atoms with Gasteiger partial charge in [0.25, 0.3) is 5.56 Å². The molecule has 1 aliphatic carbocycles. The normalized spacial score (nSPS) is 13.5. The zero-order chi connectivity index (χ0) is 21.9. The van der Waals surface area contributed by atoms with Crippen LogP contribution in [-0.4, -0.2) is 34.2 Å². The van der Waals surface area contributed by atoms with Crippen LogP contribution in [0.1, 0.15) is 24.2 Å². The molecule has 30 heavy (non-hydrogen) atoms. The molecule has 1 saturated carbocycles. The third-order valence-corrected chi connectivity index (χ3v) is 4.69. The molecule has 0 saturated heterocycles. The topological polar surface area (TPSA) is 150 Å². The second kappa shape index (κ2) is 8.05. The van der Waals surface area contributed by atoms with Gasteiger partial charge in [-0.25, -0.2) is 9.78 Å². The van der Waals surface area contributed by atoms with Crippen molar-refractivity contribution >= 4 is 17.7 Å². The summed E-state index contributed by atoms with van der Waals surface area (Å²) in [7, 11) is 1.20. The average molecular weight is 406 g/mol. The minimum absolute atomic E-state index is 0.257. The van der Waals surface area contributed by atoms with Crippen LogP contribution in [0.5, 0.6) is 0 Å². The summed E-state index contributed by atoms with van der Waals surface area (Å²) in [5.41, 5.74) is -0.0502. The van der Waals surface area contributed by atoms with E-state index in [1.807, 2.05) is 6.07 Å². The molecule has 0 atom stereocenters. The fourth-order valence-corrected chi connectivity index (χ4v) is 2.89. The van der Waals surface area contributed by atoms with Crippen LogP contribution in [0.25, 0.3) is 11.3 Å². The summed E-state index contributed by atoms with van der Waals surface area (Å²) in [4.78, 5) is 40.9. The predicted octanol–water partition coefficient (Wildman–Crippen LogP) is 1.44. The molecule has 2 amide bonds. The molecule has 0 bridgehead atoms. The van der Waals surface area contributed by atoms with Gasteiger partial charge in [-0.05, 0) is 38.0 Å². The Morgan fingerprint density at radius 3 is 2.60 bits per heavy atom. The van der Waals surface area contributed by atoms with Gasteiger partial charge >= 0.3 is 6.09 Å². The number of aromatic nitrogens is 2. The molecule has 2 N–H and O–H groups in total. The van der Waals surface area contributed by atoms with E-state index in [1.165, 1.54) is 29.9 Å². The predicted molar refractivity (Wildman–Crippen MR) is 105 cm³/mol. The number of benzene rings is 1. The molecule has 10 nitrogen and oxygen atoms in total. The van der Waals surface area contributed by atoms with Gasteiger partial charge in [-0.1, -0.05) is 0 Å². The van der Waals surface area contributed by atoms with Crippen LogP contribution in [0.15, 0.2) is 29.1 Å². The van der Waals surface area contributed by atoms with Crippen LogP contribution in [0.2, 0.25) is 0 Å². The van der Waals surface area contributed by atoms with E-state index in [1.54, 1.807) is 13.0 Å². The van der Waals surface area contributed by atoms with Crippen LogP contribution < -0.4 is 16.2 Å². The Hall–Kier alpha value is -4.18. The van der Waals surface area contributed by atoms with E-state index < -0.39 is 23.1 Å². The minimum atomic E-state index is -0.821. The number of ether oxygens (including phenoxy) is 1. The number of nitriles is 2. The number of nitrogens with one attached hydrogen (secondary N) is 2. The van der Waals surface area contributed by atoms with Crippen molar-refractivity contribution in [1.29, 1.82) is 10.5 Å². The van der Waals surface area contributed by atoms with Gasteiger partial charge in [-0.15, -0.1) is 0 Å². The highest BCUT2D eigenvalue weighted by molar-refractivity contribution is 5.91. The van der Waals surface area contributed by atoms with Crippen molar-refractivity contribution in [2.75, 3.05) is 12.4 Å². The quantitative estimate of drug-likeness (QED) is 0.762. The number of anilines is 1. The minimum Gasteiger partial charge on any atom is -0.453 e. The smallest absolute Gasteiger partial charge is 0.411 e. The number of methoxy groups -OCH3 is 1. The lowest BCUT2D eigenvalue weighted by Gasteiger charge is -2.14. The molecule has 1 fully saturated rings. The lowest BCUT2D eigenvalue weighted by atomic mass is 10.1. The molecule has 2 aromatic rings. The fraction of sp³-hybridized carbons (Fsp3) is 0.300. The molecule has 1 aromatic heterocycles. The van der Waals surface area contributed by atoms with E-state index in [9.17, 15) is 14.4 Å². The van der Waals surface area contributed by atoms with Crippen molar-refractivity contribution in [2.45, 2.75) is 31.8 Å². The van der Waals surface area contributed by atoms with Crippen LogP contribution in [0.4, 0.5) is 10.5 Å². The molecule has 152 valence electrons. The van der Waals surface area contributed by atoms with Crippen molar-refractivity contribution in [2.24, 2.45) is 0 Å². The SMILES string of the molecule is COC(=O)Nc1cc(C#N)ccc1-c1cc(=O)n(CC(=O)NC2(C#N)CC2)c(C)n1. The van der Waals surface area contributed by atoms with Gasteiger partial charge < -0.3 is 10.1 Å². The summed E-state index contributed by atoms with van der Waals surface area (Å²) in [5.74, 6) is -0.164. The van der Waals surface area contributed by atoms with Crippen molar-refractivity contribution in [3.63, 3.8) is 0 Å². The van der Waals surface area contributed by atoms with E-state index in [0.717, 1.165) is 0 Å². The second-order valence-electron chi connectivity index (χ2n) is 6.84. The lowest BCUT2D eigenvalue weighted by Crippen LogP contribution is -2.40. The maximum atomic E-state index is 12.6. The third kappa shape index (κ3) is 4.28. The number of hydrogen-bond acceptors (Lipinski definition) is 7. The van der Waals surface area contributed by atoms with Crippen molar-refractivity contribution in [3.8, 4) is 23.4 Å². The zero-order valence-electron chi connectivity index (χ0n) is 16.4. The Morgan fingerprint density at radius 1 is 1.30 bits per heavy atom. The van der Waals surface area contributed by atoms with E-state index in [-0.39, 0.29) is 23.8 Å². The van der Waals surface area contributed by atoms with E-state index >= 15 is 0 Å². The molecule has 1 aromatic carbocycles. The maximum Gasteiger partial charge on any atom is 0.411 e. The Bertz CT molecular complexity index is 1170. The summed E-state index contributed by atoms with van der Waals surface area (Å²) in [6.07, 6.45) is 0.448. The molecule has 0 radical (unpaired) electrons. The lowest BCUT2D eigenvalue weighted by molar-refractivity contribution is -0.122. The molecular formula is C20H18N6O4. The highest BCUT2D eigenvalue weighted by atomic mass is 16.5. The van der Waals surface area contributed by atoms with Gasteiger partial charge in [-0.2, -0.15) is 10.5 Å². The van der Waals surface area contributed by atoms with Crippen molar-refractivity contribution in [1.82, 2.24) is 14.9 Å². The van der Waals surface area contributed by atoms with Crippen molar-refractivity contribution < 1.29 is 14.3 Å². The summed E-state index contributed by atoms with van der Waals surface area (Å²) in [6.45, 7) is 1.31. The number of carbonyl (C=O) groups is 2. The molecule has 1 aliphatic rings. The van der Waals surface area contributed by atoms with Crippen LogP contribution in [0, 0.1) is 29.6 Å². The highest BCUT2D eigenvalue weighted by Crippen LogP contribution is 2.34. The van der Waals surface area contributed by atoms with E-state index in [2.05, 4.69) is 26.4 Å². The Labute approximate surface area is 171 Å². The number of aryl methyl sites for hydroxylation is 1. The van der Waals surface area contributed by atoms with Crippen LogP contribution >= 0.6 is 0 Å². The van der Waals surface area contributed by atoms with Gasteiger partial charge in [0.15, 0.2) is 0 Å². The molecule has 1 heterocycles. The summed E-state index contributed by atoms with van der Waals surface area (Å²) >= 11 is 0. The first-order valence-electron chi connectivity index (χ1n) is 9.01. The van der Waals surface area contributed by atoms with Gasteiger partial charge in [0.1, 0.15) is 17.9 Å². The van der Waals surface area contributed by atoms with Crippen LogP contribution in [0.3, 0.4) is 0 Å². The average Bonchev–Trinajstić information content (AvgIpc) is 3.50. The monoisotopic (exact) mass is 406 g/mol.